The molecule has 0 aliphatic carbocycles. The number of thiophene rings is 1. The van der Waals surface area contributed by atoms with Crippen LogP contribution in [0, 0.1) is 0 Å². The molecule has 1 aromatic heterocycles. The molecule has 22 heavy (non-hydrogen) atoms. The quantitative estimate of drug-likeness (QED) is 0.874. The SMILES string of the molecule is CC1(C)OB(C(=Cc2cc3ccccc3s2)CN)OC1(C)C. The summed E-state index contributed by atoms with van der Waals surface area (Å²) in [6.45, 7) is 8.65. The molecular formula is C17H22BNO2S. The van der Waals surface area contributed by atoms with Crippen LogP contribution in [0.25, 0.3) is 16.2 Å². The van der Waals surface area contributed by atoms with E-state index in [9.17, 15) is 0 Å². The third kappa shape index (κ3) is 2.74. The Hall–Kier alpha value is -1.14. The van der Waals surface area contributed by atoms with Gasteiger partial charge in [0.05, 0.1) is 11.2 Å². The van der Waals surface area contributed by atoms with Crippen LogP contribution in [-0.4, -0.2) is 24.9 Å². The van der Waals surface area contributed by atoms with Crippen molar-refractivity contribution in [2.45, 2.75) is 38.9 Å². The molecule has 5 heteroatoms. The van der Waals surface area contributed by atoms with Crippen LogP contribution in [-0.2, 0) is 9.31 Å². The minimum atomic E-state index is -0.375. The standard InChI is InChI=1S/C17H22BNO2S/c1-16(2)17(3,4)21-18(20-16)13(11-19)10-14-9-12-7-5-6-8-15(12)22-14/h5-10H,11,19H2,1-4H3. The zero-order valence-electron chi connectivity index (χ0n) is 13.6. The van der Waals surface area contributed by atoms with E-state index < -0.39 is 0 Å². The third-order valence-corrected chi connectivity index (χ3v) is 5.63. The second kappa shape index (κ2) is 5.50. The smallest absolute Gasteiger partial charge is 0.400 e. The summed E-state index contributed by atoms with van der Waals surface area (Å²) in [5, 5.41) is 1.25. The van der Waals surface area contributed by atoms with Gasteiger partial charge in [0.2, 0.25) is 0 Å². The van der Waals surface area contributed by atoms with Gasteiger partial charge in [-0.25, -0.2) is 0 Å². The summed E-state index contributed by atoms with van der Waals surface area (Å²) >= 11 is 1.76. The Morgan fingerprint density at radius 2 is 1.82 bits per heavy atom. The predicted octanol–water partition coefficient (Wildman–Crippen LogP) is 3.87. The Morgan fingerprint density at radius 3 is 2.41 bits per heavy atom. The Morgan fingerprint density at radius 1 is 1.18 bits per heavy atom. The fourth-order valence-corrected chi connectivity index (χ4v) is 3.52. The Bertz CT molecular complexity index is 671. The van der Waals surface area contributed by atoms with Gasteiger partial charge >= 0.3 is 7.12 Å². The van der Waals surface area contributed by atoms with Gasteiger partial charge in [-0.05, 0) is 56.8 Å². The van der Waals surface area contributed by atoms with Gasteiger partial charge in [0.15, 0.2) is 0 Å². The van der Waals surface area contributed by atoms with Gasteiger partial charge in [-0.1, -0.05) is 18.2 Å². The Kier molecular flexibility index (Phi) is 3.93. The number of hydrogen-bond acceptors (Lipinski definition) is 4. The lowest BCUT2D eigenvalue weighted by molar-refractivity contribution is 0.00578. The molecule has 1 aliphatic rings. The van der Waals surface area contributed by atoms with Crippen LogP contribution in [0.5, 0.6) is 0 Å². The largest absolute Gasteiger partial charge is 0.491 e. The normalized spacial score (nSPS) is 20.8. The maximum atomic E-state index is 6.10. The number of rotatable bonds is 3. The monoisotopic (exact) mass is 315 g/mol. The lowest BCUT2D eigenvalue weighted by Gasteiger charge is -2.32. The molecule has 1 aliphatic heterocycles. The number of hydrogen-bond donors (Lipinski definition) is 1. The van der Waals surface area contributed by atoms with E-state index in [1.165, 1.54) is 15.0 Å². The van der Waals surface area contributed by atoms with E-state index in [-0.39, 0.29) is 18.3 Å². The van der Waals surface area contributed by atoms with Crippen LogP contribution in [0.15, 0.2) is 35.8 Å². The van der Waals surface area contributed by atoms with E-state index in [0.29, 0.717) is 6.54 Å². The van der Waals surface area contributed by atoms with Gasteiger partial charge in [0.1, 0.15) is 0 Å². The second-order valence-corrected chi connectivity index (χ2v) is 7.81. The third-order valence-electron chi connectivity index (χ3n) is 4.56. The summed E-state index contributed by atoms with van der Waals surface area (Å²) in [5.41, 5.74) is 6.24. The lowest BCUT2D eigenvalue weighted by atomic mass is 9.77. The zero-order chi connectivity index (χ0) is 16.0. The molecular weight excluding hydrogens is 293 g/mol. The van der Waals surface area contributed by atoms with Crippen LogP contribution in [0.1, 0.15) is 32.6 Å². The van der Waals surface area contributed by atoms with Crippen molar-refractivity contribution < 1.29 is 9.31 Å². The van der Waals surface area contributed by atoms with Gasteiger partial charge in [-0.2, -0.15) is 0 Å². The topological polar surface area (TPSA) is 44.5 Å². The molecule has 0 bridgehead atoms. The Balaban J connectivity index is 1.91. The highest BCUT2D eigenvalue weighted by Crippen LogP contribution is 2.39. The molecule has 116 valence electrons. The Labute approximate surface area is 136 Å². The summed E-state index contributed by atoms with van der Waals surface area (Å²) in [5.74, 6) is 0. The average molecular weight is 315 g/mol. The first kappa shape index (κ1) is 15.7. The van der Waals surface area contributed by atoms with Crippen molar-refractivity contribution >= 4 is 34.6 Å². The molecule has 0 radical (unpaired) electrons. The summed E-state index contributed by atoms with van der Waals surface area (Å²) < 4.78 is 13.5. The molecule has 0 unspecified atom stereocenters. The van der Waals surface area contributed by atoms with Crippen LogP contribution in [0.3, 0.4) is 0 Å². The van der Waals surface area contributed by atoms with Crippen molar-refractivity contribution in [3.63, 3.8) is 0 Å². The van der Waals surface area contributed by atoms with Crippen LogP contribution in [0.2, 0.25) is 0 Å². The van der Waals surface area contributed by atoms with Gasteiger partial charge in [0.25, 0.3) is 0 Å². The first-order chi connectivity index (χ1) is 10.3. The minimum Gasteiger partial charge on any atom is -0.400 e. The fraction of sp³-hybridized carbons (Fsp3) is 0.412. The maximum absolute atomic E-state index is 6.10. The summed E-state index contributed by atoms with van der Waals surface area (Å²) in [6.07, 6.45) is 2.10. The van der Waals surface area contributed by atoms with Crippen molar-refractivity contribution in [1.29, 1.82) is 0 Å². The summed E-state index contributed by atoms with van der Waals surface area (Å²) in [6, 6.07) is 10.6. The van der Waals surface area contributed by atoms with E-state index in [4.69, 9.17) is 15.0 Å². The van der Waals surface area contributed by atoms with Crippen molar-refractivity contribution in [1.82, 2.24) is 0 Å². The van der Waals surface area contributed by atoms with E-state index in [0.717, 1.165) is 5.47 Å². The molecule has 1 saturated heterocycles. The maximum Gasteiger partial charge on any atom is 0.491 e. The highest BCUT2D eigenvalue weighted by atomic mass is 32.1. The summed E-state index contributed by atoms with van der Waals surface area (Å²) in [4.78, 5) is 1.18. The van der Waals surface area contributed by atoms with E-state index >= 15 is 0 Å². The van der Waals surface area contributed by atoms with Gasteiger partial charge in [0, 0.05) is 16.1 Å². The molecule has 0 spiro atoms. The molecule has 3 rings (SSSR count). The molecule has 2 aromatic rings. The highest BCUT2D eigenvalue weighted by molar-refractivity contribution is 7.19. The molecule has 1 fully saturated rings. The first-order valence-electron chi connectivity index (χ1n) is 7.57. The molecule has 2 heterocycles. The molecule has 2 N–H and O–H groups in total. The molecule has 0 saturated carbocycles. The lowest BCUT2D eigenvalue weighted by Crippen LogP contribution is -2.41. The van der Waals surface area contributed by atoms with Crippen molar-refractivity contribution in [3.8, 4) is 0 Å². The summed E-state index contributed by atoms with van der Waals surface area (Å²) in [7, 11) is -0.375. The van der Waals surface area contributed by atoms with Crippen LogP contribution >= 0.6 is 11.3 Å². The zero-order valence-corrected chi connectivity index (χ0v) is 14.4. The van der Waals surface area contributed by atoms with Gasteiger partial charge in [-0.15, -0.1) is 11.3 Å². The van der Waals surface area contributed by atoms with Gasteiger partial charge in [-0.3, -0.25) is 0 Å². The molecule has 0 amide bonds. The fourth-order valence-electron chi connectivity index (χ4n) is 2.47. The number of nitrogens with two attached hydrogens (primary N) is 1. The molecule has 1 aromatic carbocycles. The van der Waals surface area contributed by atoms with Gasteiger partial charge < -0.3 is 15.0 Å². The highest BCUT2D eigenvalue weighted by Gasteiger charge is 2.52. The van der Waals surface area contributed by atoms with E-state index in [1.807, 2.05) is 0 Å². The number of benzene rings is 1. The number of fused-ring (bicyclic) bond motifs is 1. The van der Waals surface area contributed by atoms with E-state index in [1.54, 1.807) is 11.3 Å². The minimum absolute atomic E-state index is 0.341. The molecule has 0 atom stereocenters. The average Bonchev–Trinajstić information content (AvgIpc) is 2.94. The van der Waals surface area contributed by atoms with Crippen LogP contribution in [0.4, 0.5) is 0 Å². The van der Waals surface area contributed by atoms with Crippen molar-refractivity contribution in [2.75, 3.05) is 6.54 Å². The molecule has 3 nitrogen and oxygen atoms in total. The van der Waals surface area contributed by atoms with Crippen LogP contribution < -0.4 is 5.73 Å². The van der Waals surface area contributed by atoms with Crippen molar-refractivity contribution in [2.24, 2.45) is 5.73 Å². The second-order valence-electron chi connectivity index (χ2n) is 6.70. The van der Waals surface area contributed by atoms with Crippen molar-refractivity contribution in [3.05, 3.63) is 40.7 Å². The van der Waals surface area contributed by atoms with E-state index in [2.05, 4.69) is 64.1 Å². The predicted molar refractivity (Wildman–Crippen MR) is 94.9 cm³/mol. The first-order valence-corrected chi connectivity index (χ1v) is 8.39.